The summed E-state index contributed by atoms with van der Waals surface area (Å²) < 4.78 is 34.3. The summed E-state index contributed by atoms with van der Waals surface area (Å²) in [6.45, 7) is -1.28. The number of carbonyl (C=O) groups is 1. The van der Waals surface area contributed by atoms with E-state index in [2.05, 4.69) is 4.74 Å². The average molecular weight is 256 g/mol. The highest BCUT2D eigenvalue weighted by molar-refractivity contribution is 6.03. The fourth-order valence-corrected chi connectivity index (χ4v) is 1.76. The van der Waals surface area contributed by atoms with Crippen molar-refractivity contribution in [2.45, 2.75) is 20.0 Å². The molecule has 0 aliphatic carbocycles. The molecule has 1 N–H and O–H groups in total. The fourth-order valence-electron chi connectivity index (χ4n) is 1.76. The molecule has 1 heterocycles. The fraction of sp³-hybridized carbons (Fsp3) is 0.250. The van der Waals surface area contributed by atoms with Crippen LogP contribution in [0.15, 0.2) is 22.6 Å². The van der Waals surface area contributed by atoms with Crippen molar-refractivity contribution in [2.24, 2.45) is 0 Å². The second-order valence-electron chi connectivity index (χ2n) is 3.57. The van der Waals surface area contributed by atoms with Crippen molar-refractivity contribution in [1.82, 2.24) is 0 Å². The smallest absolute Gasteiger partial charge is 0.387 e. The minimum absolute atomic E-state index is 0.0532. The Morgan fingerprint density at radius 3 is 2.78 bits per heavy atom. The van der Waals surface area contributed by atoms with E-state index >= 15 is 0 Å². The summed E-state index contributed by atoms with van der Waals surface area (Å²) in [5, 5.41) is 9.23. The van der Waals surface area contributed by atoms with E-state index in [1.165, 1.54) is 18.2 Å². The molecule has 0 saturated carbocycles. The van der Waals surface area contributed by atoms with E-state index in [4.69, 9.17) is 9.52 Å². The molecule has 0 unspecified atom stereocenters. The third-order valence-electron chi connectivity index (χ3n) is 2.50. The summed E-state index contributed by atoms with van der Waals surface area (Å²) in [5.74, 6) is -1.06. The van der Waals surface area contributed by atoms with Gasteiger partial charge in [-0.25, -0.2) is 4.79 Å². The number of rotatable bonds is 4. The normalized spacial score (nSPS) is 11.1. The first kappa shape index (κ1) is 12.3. The highest BCUT2D eigenvalue weighted by atomic mass is 19.3. The van der Waals surface area contributed by atoms with Crippen molar-refractivity contribution < 1.29 is 27.8 Å². The summed E-state index contributed by atoms with van der Waals surface area (Å²) in [4.78, 5) is 11.0. The summed E-state index contributed by atoms with van der Waals surface area (Å²) in [6.07, 6.45) is 0.329. The molecule has 4 nitrogen and oxygen atoms in total. The zero-order valence-corrected chi connectivity index (χ0v) is 9.44. The van der Waals surface area contributed by atoms with Gasteiger partial charge in [-0.15, -0.1) is 0 Å². The second kappa shape index (κ2) is 4.64. The molecule has 0 bridgehead atoms. The molecule has 0 fully saturated rings. The van der Waals surface area contributed by atoms with Gasteiger partial charge in [0.15, 0.2) is 11.3 Å². The Balaban J connectivity index is 2.69. The summed E-state index contributed by atoms with van der Waals surface area (Å²) in [5.41, 5.74) is -0.0242. The van der Waals surface area contributed by atoms with Crippen LogP contribution in [0.3, 0.4) is 0 Å². The molecule has 1 aromatic carbocycles. The lowest BCUT2D eigenvalue weighted by Crippen LogP contribution is -2.03. The van der Waals surface area contributed by atoms with Crippen molar-refractivity contribution in [1.29, 1.82) is 0 Å². The largest absolute Gasteiger partial charge is 0.478 e. The third kappa shape index (κ3) is 2.01. The van der Waals surface area contributed by atoms with Gasteiger partial charge in [0.2, 0.25) is 0 Å². The van der Waals surface area contributed by atoms with E-state index < -0.39 is 12.6 Å². The van der Waals surface area contributed by atoms with E-state index in [9.17, 15) is 13.6 Å². The van der Waals surface area contributed by atoms with E-state index in [0.717, 1.165) is 0 Å². The zero-order chi connectivity index (χ0) is 13.3. The van der Waals surface area contributed by atoms with Gasteiger partial charge in [-0.05, 0) is 12.1 Å². The Labute approximate surface area is 101 Å². The molecular weight excluding hydrogens is 246 g/mol. The highest BCUT2D eigenvalue weighted by Crippen LogP contribution is 2.36. The van der Waals surface area contributed by atoms with E-state index in [1.54, 1.807) is 6.92 Å². The topological polar surface area (TPSA) is 59.7 Å². The predicted molar refractivity (Wildman–Crippen MR) is 59.2 cm³/mol. The lowest BCUT2D eigenvalue weighted by molar-refractivity contribution is -0.0500. The van der Waals surface area contributed by atoms with Crippen LogP contribution in [0.2, 0.25) is 0 Å². The molecule has 2 aromatic rings. The minimum atomic E-state index is -2.98. The maximum absolute atomic E-state index is 12.3. The van der Waals surface area contributed by atoms with Gasteiger partial charge in [-0.1, -0.05) is 13.0 Å². The highest BCUT2D eigenvalue weighted by Gasteiger charge is 2.21. The van der Waals surface area contributed by atoms with Crippen LogP contribution in [0.4, 0.5) is 8.78 Å². The molecule has 1 aromatic heterocycles. The van der Waals surface area contributed by atoms with Crippen molar-refractivity contribution in [3.05, 3.63) is 29.5 Å². The first-order chi connectivity index (χ1) is 8.54. The van der Waals surface area contributed by atoms with Crippen LogP contribution in [-0.4, -0.2) is 17.7 Å². The Bertz CT molecular complexity index is 589. The molecule has 0 aliphatic rings. The van der Waals surface area contributed by atoms with Crippen molar-refractivity contribution in [3.63, 3.8) is 0 Å². The van der Waals surface area contributed by atoms with Crippen molar-refractivity contribution in [2.75, 3.05) is 0 Å². The molecular formula is C12H10F2O4. The Hall–Kier alpha value is -2.11. The summed E-state index contributed by atoms with van der Waals surface area (Å²) in [6, 6.07) is 4.29. The Kier molecular flexibility index (Phi) is 3.18. The number of aryl methyl sites for hydroxylation is 1. The standard InChI is InChI=1S/C12H10F2O4/c1-2-8-10(18-12(13)14)6-4-3-5-7(11(15)16)9(6)17-8/h3-5,12H,2H2,1H3,(H,15,16). The van der Waals surface area contributed by atoms with Crippen LogP contribution < -0.4 is 4.74 Å². The molecule has 0 atom stereocenters. The van der Waals surface area contributed by atoms with E-state index in [-0.39, 0.29) is 28.0 Å². The van der Waals surface area contributed by atoms with Gasteiger partial charge in [-0.2, -0.15) is 8.78 Å². The van der Waals surface area contributed by atoms with Gasteiger partial charge in [-0.3, -0.25) is 0 Å². The molecule has 96 valence electrons. The molecule has 6 heteroatoms. The van der Waals surface area contributed by atoms with E-state index in [1.807, 2.05) is 0 Å². The summed E-state index contributed by atoms with van der Waals surface area (Å²) >= 11 is 0. The number of carboxylic acid groups (broad SMARTS) is 1. The average Bonchev–Trinajstić information content (AvgIpc) is 2.66. The number of ether oxygens (including phenoxy) is 1. The number of carboxylic acids is 1. The predicted octanol–water partition coefficient (Wildman–Crippen LogP) is 3.29. The number of hydrogen-bond donors (Lipinski definition) is 1. The first-order valence-corrected chi connectivity index (χ1v) is 5.27. The van der Waals surface area contributed by atoms with Gasteiger partial charge in [0, 0.05) is 6.42 Å². The van der Waals surface area contributed by atoms with Gasteiger partial charge < -0.3 is 14.3 Å². The van der Waals surface area contributed by atoms with Crippen LogP contribution in [0, 0.1) is 0 Å². The summed E-state index contributed by atoms with van der Waals surface area (Å²) in [7, 11) is 0. The number of benzene rings is 1. The van der Waals surface area contributed by atoms with Crippen LogP contribution >= 0.6 is 0 Å². The van der Waals surface area contributed by atoms with Crippen LogP contribution in [0.25, 0.3) is 11.0 Å². The van der Waals surface area contributed by atoms with Gasteiger partial charge in [0.25, 0.3) is 0 Å². The van der Waals surface area contributed by atoms with Crippen LogP contribution in [0.5, 0.6) is 5.75 Å². The zero-order valence-electron chi connectivity index (χ0n) is 9.44. The monoisotopic (exact) mass is 256 g/mol. The number of halogens is 2. The molecule has 0 radical (unpaired) electrons. The molecule has 2 rings (SSSR count). The SMILES string of the molecule is CCc1oc2c(C(=O)O)cccc2c1OC(F)F. The number of alkyl halides is 2. The second-order valence-corrected chi connectivity index (χ2v) is 3.57. The number of fused-ring (bicyclic) bond motifs is 1. The number of hydrogen-bond acceptors (Lipinski definition) is 3. The molecule has 18 heavy (non-hydrogen) atoms. The van der Waals surface area contributed by atoms with Gasteiger partial charge in [0.05, 0.1) is 5.39 Å². The molecule has 0 spiro atoms. The Morgan fingerprint density at radius 1 is 1.50 bits per heavy atom. The lowest BCUT2D eigenvalue weighted by Gasteiger charge is -2.03. The maximum Gasteiger partial charge on any atom is 0.387 e. The van der Waals surface area contributed by atoms with Crippen molar-refractivity contribution in [3.8, 4) is 5.75 Å². The molecule has 0 aliphatic heterocycles. The molecule has 0 amide bonds. The van der Waals surface area contributed by atoms with Crippen molar-refractivity contribution >= 4 is 16.9 Å². The number of furan rings is 1. The van der Waals surface area contributed by atoms with E-state index in [0.29, 0.717) is 6.42 Å². The van der Waals surface area contributed by atoms with Gasteiger partial charge in [0.1, 0.15) is 11.3 Å². The minimum Gasteiger partial charge on any atom is -0.478 e. The molecule has 0 saturated heterocycles. The van der Waals surface area contributed by atoms with Crippen LogP contribution in [-0.2, 0) is 6.42 Å². The van der Waals surface area contributed by atoms with Crippen LogP contribution in [0.1, 0.15) is 23.0 Å². The number of para-hydroxylation sites is 1. The Morgan fingerprint density at radius 2 is 2.22 bits per heavy atom. The third-order valence-corrected chi connectivity index (χ3v) is 2.50. The van der Waals surface area contributed by atoms with Gasteiger partial charge >= 0.3 is 12.6 Å². The number of aromatic carboxylic acids is 1. The lowest BCUT2D eigenvalue weighted by atomic mass is 10.1. The maximum atomic E-state index is 12.3. The quantitative estimate of drug-likeness (QED) is 0.911. The first-order valence-electron chi connectivity index (χ1n) is 5.27.